The fourth-order valence-electron chi connectivity index (χ4n) is 3.38. The number of allylic oxidation sites excluding steroid dienone is 1. The maximum atomic E-state index is 4.64. The van der Waals surface area contributed by atoms with E-state index in [1.54, 1.807) is 0 Å². The van der Waals surface area contributed by atoms with Crippen LogP contribution in [0, 0.1) is 0 Å². The number of likely N-dealkylation sites (N-methyl/N-ethyl adjacent to an activating group) is 1. The molecular formula is C20H22IN3. The molecule has 0 radical (unpaired) electrons. The highest BCUT2D eigenvalue weighted by molar-refractivity contribution is 14.1. The number of fused-ring (bicyclic) bond motifs is 1. The van der Waals surface area contributed by atoms with Crippen molar-refractivity contribution in [3.8, 4) is 11.1 Å². The molecule has 1 saturated heterocycles. The van der Waals surface area contributed by atoms with Gasteiger partial charge in [-0.1, -0.05) is 30.3 Å². The van der Waals surface area contributed by atoms with E-state index in [9.17, 15) is 0 Å². The van der Waals surface area contributed by atoms with Gasteiger partial charge in [0.05, 0.1) is 5.69 Å². The minimum Gasteiger partial charge on any atom is -0.304 e. The molecule has 1 aliphatic heterocycles. The molecule has 24 heavy (non-hydrogen) atoms. The number of nitrogens with zero attached hydrogens (tertiary/aromatic N) is 3. The highest BCUT2D eigenvalue weighted by atomic mass is 127. The Bertz CT molecular complexity index is 759. The van der Waals surface area contributed by atoms with Gasteiger partial charge in [0.1, 0.15) is 0 Å². The van der Waals surface area contributed by atoms with Crippen LogP contribution < -0.4 is 0 Å². The number of halogens is 1. The molecule has 0 atom stereocenters. The third-order valence-electron chi connectivity index (χ3n) is 4.99. The van der Waals surface area contributed by atoms with Crippen molar-refractivity contribution < 1.29 is 0 Å². The summed E-state index contributed by atoms with van der Waals surface area (Å²) in [7, 11) is 2.20. The number of piperazine rings is 1. The number of pyridine rings is 1. The lowest BCUT2D eigenvalue weighted by Crippen LogP contribution is -2.43. The van der Waals surface area contributed by atoms with Crippen molar-refractivity contribution in [2.45, 2.75) is 13.0 Å². The van der Waals surface area contributed by atoms with Crippen LogP contribution in [0.3, 0.4) is 0 Å². The number of hydrogen-bond acceptors (Lipinski definition) is 3. The van der Waals surface area contributed by atoms with Gasteiger partial charge < -0.3 is 4.90 Å². The van der Waals surface area contributed by atoms with Crippen molar-refractivity contribution in [1.29, 1.82) is 0 Å². The van der Waals surface area contributed by atoms with Crippen molar-refractivity contribution in [3.05, 3.63) is 59.4 Å². The molecule has 0 N–H and O–H groups in total. The van der Waals surface area contributed by atoms with E-state index in [1.807, 2.05) is 6.20 Å². The van der Waals surface area contributed by atoms with E-state index < -0.39 is 0 Å². The highest BCUT2D eigenvalue weighted by Crippen LogP contribution is 2.33. The van der Waals surface area contributed by atoms with Gasteiger partial charge in [-0.3, -0.25) is 9.88 Å². The van der Waals surface area contributed by atoms with Crippen molar-refractivity contribution in [3.63, 3.8) is 0 Å². The summed E-state index contributed by atoms with van der Waals surface area (Å²) < 4.78 is 1.32. The zero-order chi connectivity index (χ0) is 16.5. The van der Waals surface area contributed by atoms with Gasteiger partial charge in [0, 0.05) is 60.0 Å². The molecule has 1 fully saturated rings. The quantitative estimate of drug-likeness (QED) is 0.689. The lowest BCUT2D eigenvalue weighted by atomic mass is 10.0. The molecule has 1 aromatic carbocycles. The average molecular weight is 431 g/mol. The van der Waals surface area contributed by atoms with Crippen LogP contribution in [0.15, 0.2) is 42.6 Å². The molecule has 2 heterocycles. The second-order valence-corrected chi connectivity index (χ2v) is 7.91. The van der Waals surface area contributed by atoms with E-state index in [0.29, 0.717) is 0 Å². The van der Waals surface area contributed by atoms with Gasteiger partial charge in [0.25, 0.3) is 0 Å². The van der Waals surface area contributed by atoms with E-state index in [4.69, 9.17) is 0 Å². The summed E-state index contributed by atoms with van der Waals surface area (Å²) >= 11 is 2.41. The van der Waals surface area contributed by atoms with Gasteiger partial charge in [-0.05, 0) is 46.8 Å². The van der Waals surface area contributed by atoms with Crippen LogP contribution in [-0.4, -0.2) is 48.0 Å². The Morgan fingerprint density at radius 1 is 1.04 bits per heavy atom. The fraction of sp³-hybridized carbons (Fsp3) is 0.350. The average Bonchev–Trinajstić information content (AvgIpc) is 2.98. The molecule has 0 unspecified atom stereocenters. The van der Waals surface area contributed by atoms with Crippen LogP contribution in [0.5, 0.6) is 0 Å². The van der Waals surface area contributed by atoms with E-state index in [1.165, 1.54) is 44.6 Å². The van der Waals surface area contributed by atoms with Gasteiger partial charge in [-0.15, -0.1) is 0 Å². The highest BCUT2D eigenvalue weighted by Gasteiger charge is 2.15. The smallest absolute Gasteiger partial charge is 0.0524 e. The largest absolute Gasteiger partial charge is 0.304 e. The predicted octanol–water partition coefficient (Wildman–Crippen LogP) is 3.83. The van der Waals surface area contributed by atoms with E-state index in [0.717, 1.165) is 26.1 Å². The molecule has 0 amide bonds. The number of benzene rings is 1. The maximum Gasteiger partial charge on any atom is 0.0524 e. The molecule has 4 heteroatoms. The van der Waals surface area contributed by atoms with Crippen LogP contribution in [-0.2, 0) is 13.0 Å². The molecule has 3 nitrogen and oxygen atoms in total. The lowest BCUT2D eigenvalue weighted by molar-refractivity contribution is 0.148. The third kappa shape index (κ3) is 3.41. The van der Waals surface area contributed by atoms with Gasteiger partial charge in [0.2, 0.25) is 0 Å². The van der Waals surface area contributed by atoms with E-state index in [2.05, 4.69) is 80.8 Å². The minimum absolute atomic E-state index is 0.970. The second-order valence-electron chi connectivity index (χ2n) is 6.75. The van der Waals surface area contributed by atoms with E-state index >= 15 is 0 Å². The van der Waals surface area contributed by atoms with Crippen molar-refractivity contribution in [1.82, 2.24) is 14.8 Å². The number of rotatable bonds is 3. The summed E-state index contributed by atoms with van der Waals surface area (Å²) in [5, 5.41) is 0. The Hall–Kier alpha value is -1.24. The van der Waals surface area contributed by atoms with Gasteiger partial charge in [-0.2, -0.15) is 0 Å². The van der Waals surface area contributed by atoms with Gasteiger partial charge in [0.15, 0.2) is 0 Å². The van der Waals surface area contributed by atoms with Crippen molar-refractivity contribution in [2.75, 3.05) is 33.2 Å². The molecule has 124 valence electrons. The first kappa shape index (κ1) is 16.2. The first-order chi connectivity index (χ1) is 11.7. The first-order valence-electron chi connectivity index (χ1n) is 8.54. The van der Waals surface area contributed by atoms with E-state index in [-0.39, 0.29) is 0 Å². The van der Waals surface area contributed by atoms with Crippen LogP contribution in [0.2, 0.25) is 0 Å². The Morgan fingerprint density at radius 2 is 1.79 bits per heavy atom. The minimum atomic E-state index is 0.970. The summed E-state index contributed by atoms with van der Waals surface area (Å²) in [6, 6.07) is 11.3. The first-order valence-corrected chi connectivity index (χ1v) is 9.62. The number of hydrogen-bond donors (Lipinski definition) is 0. The van der Waals surface area contributed by atoms with Crippen molar-refractivity contribution >= 4 is 26.2 Å². The molecule has 4 rings (SSSR count). The summed E-state index contributed by atoms with van der Waals surface area (Å²) in [6.45, 7) is 5.72. The standard InChI is InChI=1S/C20H22IN3/c1-23-8-10-24(11-9-23)14-15-2-4-16(5-3-15)17-12-18-19(21)6-7-20(18)22-13-17/h2-6,12-13H,7-11,14H2,1H3. The Kier molecular flexibility index (Phi) is 4.70. The molecule has 1 aliphatic carbocycles. The Labute approximate surface area is 157 Å². The lowest BCUT2D eigenvalue weighted by Gasteiger charge is -2.32. The van der Waals surface area contributed by atoms with Crippen LogP contribution in [0.25, 0.3) is 14.7 Å². The van der Waals surface area contributed by atoms with Gasteiger partial charge in [-0.25, -0.2) is 0 Å². The zero-order valence-electron chi connectivity index (χ0n) is 14.0. The fourth-order valence-corrected chi connectivity index (χ4v) is 4.07. The normalized spacial score (nSPS) is 18.5. The van der Waals surface area contributed by atoms with Crippen LogP contribution in [0.1, 0.15) is 16.8 Å². The monoisotopic (exact) mass is 431 g/mol. The maximum absolute atomic E-state index is 4.64. The van der Waals surface area contributed by atoms with Crippen LogP contribution >= 0.6 is 22.6 Å². The molecule has 2 aromatic rings. The predicted molar refractivity (Wildman–Crippen MR) is 108 cm³/mol. The third-order valence-corrected chi connectivity index (χ3v) is 6.01. The zero-order valence-corrected chi connectivity index (χ0v) is 16.2. The molecule has 1 aromatic heterocycles. The number of aromatic nitrogens is 1. The summed E-state index contributed by atoms with van der Waals surface area (Å²) in [4.78, 5) is 9.58. The Balaban J connectivity index is 1.48. The van der Waals surface area contributed by atoms with Crippen molar-refractivity contribution in [2.24, 2.45) is 0 Å². The SMILES string of the molecule is CN1CCN(Cc2ccc(-c3cnc4c(c3)C(I)=CC4)cc2)CC1. The summed E-state index contributed by atoms with van der Waals surface area (Å²) in [5.74, 6) is 0. The van der Waals surface area contributed by atoms with Crippen LogP contribution in [0.4, 0.5) is 0 Å². The topological polar surface area (TPSA) is 19.4 Å². The molecule has 2 aliphatic rings. The second kappa shape index (κ2) is 6.94. The Morgan fingerprint density at radius 3 is 2.54 bits per heavy atom. The van der Waals surface area contributed by atoms with Gasteiger partial charge >= 0.3 is 0 Å². The summed E-state index contributed by atoms with van der Waals surface area (Å²) in [6.07, 6.45) is 5.23. The molecular weight excluding hydrogens is 409 g/mol. The summed E-state index contributed by atoms with van der Waals surface area (Å²) in [5.41, 5.74) is 6.37. The molecule has 0 bridgehead atoms. The molecule has 0 saturated carbocycles. The molecule has 0 spiro atoms.